The smallest absolute Gasteiger partial charge is 0.222 e. The summed E-state index contributed by atoms with van der Waals surface area (Å²) in [4.78, 5) is 15.8. The number of carbonyl (C=O) groups is 1. The molecule has 2 aromatic rings. The van der Waals surface area contributed by atoms with Crippen LogP contribution in [0.15, 0.2) is 41.0 Å². The van der Waals surface area contributed by atoms with Crippen molar-refractivity contribution >= 4 is 27.7 Å². The highest BCUT2D eigenvalue weighted by molar-refractivity contribution is 9.10. The molecule has 1 amide bonds. The zero-order chi connectivity index (χ0) is 16.1. The van der Waals surface area contributed by atoms with Crippen molar-refractivity contribution < 1.29 is 9.18 Å². The second kappa shape index (κ2) is 7.35. The van der Waals surface area contributed by atoms with Crippen molar-refractivity contribution in [2.75, 3.05) is 11.9 Å². The fraction of sp³-hybridized carbons (Fsp3) is 0.250. The normalized spacial score (nSPS) is 12.0. The van der Waals surface area contributed by atoms with E-state index in [-0.39, 0.29) is 5.82 Å². The Hall–Kier alpha value is -1.95. The van der Waals surface area contributed by atoms with E-state index in [0.29, 0.717) is 18.8 Å². The van der Waals surface area contributed by atoms with E-state index in [4.69, 9.17) is 5.73 Å². The highest BCUT2D eigenvalue weighted by Crippen LogP contribution is 2.18. The lowest BCUT2D eigenvalue weighted by Gasteiger charge is -2.15. The SMILES string of the molecule is Cc1cc(NCC(Cc2ccc(F)cc2)C(N)=O)ncc1Br. The minimum atomic E-state index is -0.398. The molecule has 3 N–H and O–H groups in total. The number of hydrogen-bond acceptors (Lipinski definition) is 3. The van der Waals surface area contributed by atoms with Gasteiger partial charge in [-0.15, -0.1) is 0 Å². The molecule has 0 aliphatic heterocycles. The second-order valence-electron chi connectivity index (χ2n) is 5.13. The van der Waals surface area contributed by atoms with Crippen LogP contribution in [0, 0.1) is 18.7 Å². The molecule has 1 heterocycles. The van der Waals surface area contributed by atoms with Crippen LogP contribution in [0.3, 0.4) is 0 Å². The average molecular weight is 366 g/mol. The third-order valence-corrected chi connectivity index (χ3v) is 4.20. The summed E-state index contributed by atoms with van der Waals surface area (Å²) >= 11 is 3.39. The number of amides is 1. The molecule has 1 aromatic carbocycles. The van der Waals surface area contributed by atoms with Gasteiger partial charge < -0.3 is 11.1 Å². The van der Waals surface area contributed by atoms with Crippen molar-refractivity contribution in [1.29, 1.82) is 0 Å². The van der Waals surface area contributed by atoms with Gasteiger partial charge in [-0.1, -0.05) is 12.1 Å². The maximum absolute atomic E-state index is 12.9. The fourth-order valence-electron chi connectivity index (χ4n) is 2.04. The summed E-state index contributed by atoms with van der Waals surface area (Å²) in [6.45, 7) is 2.34. The molecule has 0 radical (unpaired) electrons. The number of benzene rings is 1. The van der Waals surface area contributed by atoms with Crippen LogP contribution in [0.25, 0.3) is 0 Å². The Bertz CT molecular complexity index is 661. The number of pyridine rings is 1. The number of nitrogens with one attached hydrogen (secondary N) is 1. The Morgan fingerprint density at radius 3 is 2.68 bits per heavy atom. The van der Waals surface area contributed by atoms with Crippen LogP contribution in [-0.2, 0) is 11.2 Å². The Kier molecular flexibility index (Phi) is 5.49. The number of halogens is 2. The molecular formula is C16H17BrFN3O. The van der Waals surface area contributed by atoms with Crippen LogP contribution in [0.4, 0.5) is 10.2 Å². The zero-order valence-corrected chi connectivity index (χ0v) is 13.7. The Balaban J connectivity index is 2.01. The molecular weight excluding hydrogens is 349 g/mol. The average Bonchev–Trinajstić information content (AvgIpc) is 2.48. The molecule has 1 unspecified atom stereocenters. The van der Waals surface area contributed by atoms with Crippen molar-refractivity contribution in [1.82, 2.24) is 4.98 Å². The van der Waals surface area contributed by atoms with Crippen molar-refractivity contribution in [3.63, 3.8) is 0 Å². The summed E-state index contributed by atoms with van der Waals surface area (Å²) in [6.07, 6.45) is 2.16. The highest BCUT2D eigenvalue weighted by atomic mass is 79.9. The van der Waals surface area contributed by atoms with E-state index in [1.54, 1.807) is 18.3 Å². The molecule has 0 saturated carbocycles. The fourth-order valence-corrected chi connectivity index (χ4v) is 2.26. The van der Waals surface area contributed by atoms with Gasteiger partial charge in [-0.05, 0) is 58.6 Å². The number of aryl methyl sites for hydroxylation is 1. The lowest BCUT2D eigenvalue weighted by Crippen LogP contribution is -2.31. The predicted molar refractivity (Wildman–Crippen MR) is 88.0 cm³/mol. The van der Waals surface area contributed by atoms with E-state index in [1.165, 1.54) is 12.1 Å². The lowest BCUT2D eigenvalue weighted by atomic mass is 9.98. The van der Waals surface area contributed by atoms with E-state index in [2.05, 4.69) is 26.2 Å². The van der Waals surface area contributed by atoms with Crippen molar-refractivity contribution in [3.8, 4) is 0 Å². The van der Waals surface area contributed by atoms with Crippen LogP contribution in [0.2, 0.25) is 0 Å². The van der Waals surface area contributed by atoms with Gasteiger partial charge in [0.1, 0.15) is 11.6 Å². The number of nitrogens with zero attached hydrogens (tertiary/aromatic N) is 1. The quantitative estimate of drug-likeness (QED) is 0.826. The van der Waals surface area contributed by atoms with Gasteiger partial charge in [0, 0.05) is 17.2 Å². The Morgan fingerprint density at radius 2 is 2.09 bits per heavy atom. The number of hydrogen-bond donors (Lipinski definition) is 2. The number of primary amides is 1. The maximum atomic E-state index is 12.9. The first-order valence-electron chi connectivity index (χ1n) is 6.85. The van der Waals surface area contributed by atoms with Gasteiger partial charge in [0.25, 0.3) is 0 Å². The molecule has 1 aromatic heterocycles. The molecule has 1 atom stereocenters. The molecule has 116 valence electrons. The lowest BCUT2D eigenvalue weighted by molar-refractivity contribution is -0.121. The number of anilines is 1. The monoisotopic (exact) mass is 365 g/mol. The van der Waals surface area contributed by atoms with E-state index >= 15 is 0 Å². The minimum Gasteiger partial charge on any atom is -0.369 e. The summed E-state index contributed by atoms with van der Waals surface area (Å²) in [5, 5.41) is 3.12. The molecule has 0 saturated heterocycles. The third kappa shape index (κ3) is 4.53. The third-order valence-electron chi connectivity index (χ3n) is 3.37. The van der Waals surface area contributed by atoms with Crippen LogP contribution in [-0.4, -0.2) is 17.4 Å². The van der Waals surface area contributed by atoms with Gasteiger partial charge in [-0.2, -0.15) is 0 Å². The van der Waals surface area contributed by atoms with Gasteiger partial charge in [-0.3, -0.25) is 4.79 Å². The molecule has 2 rings (SSSR count). The topological polar surface area (TPSA) is 68.0 Å². The molecule has 0 bridgehead atoms. The molecule has 22 heavy (non-hydrogen) atoms. The molecule has 0 spiro atoms. The first kappa shape index (κ1) is 16.4. The van der Waals surface area contributed by atoms with Crippen molar-refractivity contribution in [3.05, 3.63) is 57.9 Å². The summed E-state index contributed by atoms with van der Waals surface area (Å²) in [7, 11) is 0. The molecule has 0 fully saturated rings. The van der Waals surface area contributed by atoms with Crippen LogP contribution in [0.5, 0.6) is 0 Å². The van der Waals surface area contributed by atoms with Gasteiger partial charge in [-0.25, -0.2) is 9.37 Å². The molecule has 0 aliphatic rings. The molecule has 6 heteroatoms. The van der Waals surface area contributed by atoms with Crippen LogP contribution >= 0.6 is 15.9 Å². The van der Waals surface area contributed by atoms with E-state index in [9.17, 15) is 9.18 Å². The molecule has 4 nitrogen and oxygen atoms in total. The predicted octanol–water partition coefficient (Wildman–Crippen LogP) is 3.05. The van der Waals surface area contributed by atoms with E-state index < -0.39 is 11.8 Å². The van der Waals surface area contributed by atoms with Gasteiger partial charge in [0.05, 0.1) is 5.92 Å². The van der Waals surface area contributed by atoms with Crippen molar-refractivity contribution in [2.45, 2.75) is 13.3 Å². The number of carbonyl (C=O) groups excluding carboxylic acids is 1. The Morgan fingerprint density at radius 1 is 1.41 bits per heavy atom. The second-order valence-corrected chi connectivity index (χ2v) is 5.98. The minimum absolute atomic E-state index is 0.299. The highest BCUT2D eigenvalue weighted by Gasteiger charge is 2.16. The van der Waals surface area contributed by atoms with Crippen LogP contribution in [0.1, 0.15) is 11.1 Å². The first-order valence-corrected chi connectivity index (χ1v) is 7.65. The number of nitrogens with two attached hydrogens (primary N) is 1. The summed E-state index contributed by atoms with van der Waals surface area (Å²) in [5.74, 6) is -0.403. The standard InChI is InChI=1S/C16H17BrFN3O/c1-10-6-15(21-9-14(10)17)20-8-12(16(19)22)7-11-2-4-13(18)5-3-11/h2-6,9,12H,7-8H2,1H3,(H2,19,22)(H,20,21). The van der Waals surface area contributed by atoms with Gasteiger partial charge in [0.2, 0.25) is 5.91 Å². The van der Waals surface area contributed by atoms with Gasteiger partial charge in [0.15, 0.2) is 0 Å². The maximum Gasteiger partial charge on any atom is 0.222 e. The summed E-state index contributed by atoms with van der Waals surface area (Å²) in [6, 6.07) is 7.96. The van der Waals surface area contributed by atoms with E-state index in [0.717, 1.165) is 15.6 Å². The number of aromatic nitrogens is 1. The van der Waals surface area contributed by atoms with Crippen LogP contribution < -0.4 is 11.1 Å². The van der Waals surface area contributed by atoms with E-state index in [1.807, 2.05) is 13.0 Å². The summed E-state index contributed by atoms with van der Waals surface area (Å²) < 4.78 is 13.8. The molecule has 0 aliphatic carbocycles. The largest absolute Gasteiger partial charge is 0.369 e. The van der Waals surface area contributed by atoms with Gasteiger partial charge >= 0.3 is 0 Å². The zero-order valence-electron chi connectivity index (χ0n) is 12.1. The Labute approximate surface area is 137 Å². The number of rotatable bonds is 6. The van der Waals surface area contributed by atoms with Crippen molar-refractivity contribution in [2.24, 2.45) is 11.7 Å². The first-order chi connectivity index (χ1) is 10.5. The summed E-state index contributed by atoms with van der Waals surface area (Å²) in [5.41, 5.74) is 7.37.